The van der Waals surface area contributed by atoms with Gasteiger partial charge in [-0.2, -0.15) is 0 Å². The molecule has 0 unspecified atom stereocenters. The van der Waals surface area contributed by atoms with Crippen LogP contribution in [0, 0.1) is 11.8 Å². The summed E-state index contributed by atoms with van der Waals surface area (Å²) < 4.78 is 5.13. The van der Waals surface area contributed by atoms with Crippen LogP contribution in [0.1, 0.15) is 43.5 Å². The lowest BCUT2D eigenvalue weighted by molar-refractivity contribution is -0.125. The van der Waals surface area contributed by atoms with Gasteiger partial charge in [-0.05, 0) is 36.6 Å². The number of hydrogen-bond donors (Lipinski definition) is 1. The van der Waals surface area contributed by atoms with Crippen molar-refractivity contribution in [3.8, 4) is 0 Å². The van der Waals surface area contributed by atoms with Gasteiger partial charge in [-0.1, -0.05) is 26.7 Å². The molecule has 126 valence electrons. The third kappa shape index (κ3) is 4.70. The lowest BCUT2D eigenvalue weighted by Crippen LogP contribution is -2.45. The molecule has 0 aromatic carbocycles. The SMILES string of the molecule is CSc1ncccc1C(=O)OCC(=O)N[C@@H]1CCC[C@@H](C)[C@@H]1C. The van der Waals surface area contributed by atoms with E-state index in [2.05, 4.69) is 24.1 Å². The zero-order valence-electron chi connectivity index (χ0n) is 13.9. The van der Waals surface area contributed by atoms with Gasteiger partial charge in [0.25, 0.3) is 5.91 Å². The van der Waals surface area contributed by atoms with E-state index in [1.54, 1.807) is 18.3 Å². The first-order chi connectivity index (χ1) is 11.0. The molecule has 1 N–H and O–H groups in total. The van der Waals surface area contributed by atoms with Crippen LogP contribution in [0.25, 0.3) is 0 Å². The maximum absolute atomic E-state index is 12.1. The van der Waals surface area contributed by atoms with E-state index in [4.69, 9.17) is 4.74 Å². The molecular formula is C17H24N2O3S. The highest BCUT2D eigenvalue weighted by molar-refractivity contribution is 7.98. The Labute approximate surface area is 141 Å². The minimum Gasteiger partial charge on any atom is -0.452 e. The van der Waals surface area contributed by atoms with Crippen molar-refractivity contribution < 1.29 is 14.3 Å². The summed E-state index contributed by atoms with van der Waals surface area (Å²) in [5.74, 6) is 0.308. The number of pyridine rings is 1. The van der Waals surface area contributed by atoms with Gasteiger partial charge < -0.3 is 10.1 Å². The van der Waals surface area contributed by atoms with Crippen molar-refractivity contribution >= 4 is 23.6 Å². The Morgan fingerprint density at radius 2 is 2.17 bits per heavy atom. The fourth-order valence-corrected chi connectivity index (χ4v) is 3.49. The molecule has 6 heteroatoms. The van der Waals surface area contributed by atoms with Gasteiger partial charge in [-0.15, -0.1) is 11.8 Å². The van der Waals surface area contributed by atoms with E-state index in [0.29, 0.717) is 22.4 Å². The molecule has 0 saturated heterocycles. The number of aromatic nitrogens is 1. The number of esters is 1. The molecule has 1 amide bonds. The van der Waals surface area contributed by atoms with Gasteiger partial charge in [-0.3, -0.25) is 4.79 Å². The average Bonchev–Trinajstić information content (AvgIpc) is 2.56. The Balaban J connectivity index is 1.85. The number of thioether (sulfide) groups is 1. The number of ether oxygens (including phenoxy) is 1. The lowest BCUT2D eigenvalue weighted by atomic mass is 9.78. The van der Waals surface area contributed by atoms with Crippen LogP contribution in [0.15, 0.2) is 23.4 Å². The highest BCUT2D eigenvalue weighted by atomic mass is 32.2. The van der Waals surface area contributed by atoms with Crippen molar-refractivity contribution in [2.24, 2.45) is 11.8 Å². The lowest BCUT2D eigenvalue weighted by Gasteiger charge is -2.34. The molecule has 0 aliphatic heterocycles. The second kappa shape index (κ2) is 8.34. The molecule has 1 fully saturated rings. The van der Waals surface area contributed by atoms with Gasteiger partial charge >= 0.3 is 5.97 Å². The van der Waals surface area contributed by atoms with E-state index >= 15 is 0 Å². The van der Waals surface area contributed by atoms with E-state index in [9.17, 15) is 9.59 Å². The summed E-state index contributed by atoms with van der Waals surface area (Å²) >= 11 is 1.37. The molecule has 1 aliphatic carbocycles. The maximum atomic E-state index is 12.1. The minimum atomic E-state index is -0.511. The van der Waals surface area contributed by atoms with Crippen LogP contribution in [0.3, 0.4) is 0 Å². The Morgan fingerprint density at radius 1 is 1.39 bits per heavy atom. The van der Waals surface area contributed by atoms with Crippen LogP contribution in [-0.4, -0.2) is 35.8 Å². The second-order valence-corrected chi connectivity index (χ2v) is 6.87. The number of carbonyl (C=O) groups excluding carboxylic acids is 2. The monoisotopic (exact) mass is 336 g/mol. The Morgan fingerprint density at radius 3 is 2.91 bits per heavy atom. The highest BCUT2D eigenvalue weighted by Crippen LogP contribution is 2.29. The molecule has 3 atom stereocenters. The summed E-state index contributed by atoms with van der Waals surface area (Å²) in [7, 11) is 0. The Kier molecular flexibility index (Phi) is 6.45. The smallest absolute Gasteiger partial charge is 0.341 e. The van der Waals surface area contributed by atoms with Crippen molar-refractivity contribution in [3.63, 3.8) is 0 Å². The number of amides is 1. The average molecular weight is 336 g/mol. The van der Waals surface area contributed by atoms with Crippen molar-refractivity contribution in [1.82, 2.24) is 10.3 Å². The van der Waals surface area contributed by atoms with E-state index in [1.165, 1.54) is 18.2 Å². The summed E-state index contributed by atoms with van der Waals surface area (Å²) in [5, 5.41) is 3.60. The number of hydrogen-bond acceptors (Lipinski definition) is 5. The first-order valence-corrected chi connectivity index (χ1v) is 9.21. The molecule has 0 radical (unpaired) electrons. The summed E-state index contributed by atoms with van der Waals surface area (Å²) in [5.41, 5.74) is 0.396. The van der Waals surface area contributed by atoms with Crippen LogP contribution in [-0.2, 0) is 9.53 Å². The summed E-state index contributed by atoms with van der Waals surface area (Å²) in [6.07, 6.45) is 6.80. The third-order valence-corrected chi connectivity index (χ3v) is 5.28. The van der Waals surface area contributed by atoms with Crippen LogP contribution >= 0.6 is 11.8 Å². The van der Waals surface area contributed by atoms with Crippen LogP contribution in [0.4, 0.5) is 0 Å². The predicted molar refractivity (Wildman–Crippen MR) is 90.4 cm³/mol. The van der Waals surface area contributed by atoms with Crippen molar-refractivity contribution in [1.29, 1.82) is 0 Å². The molecule has 1 aliphatic rings. The Bertz CT molecular complexity index is 565. The van der Waals surface area contributed by atoms with Crippen LogP contribution in [0.2, 0.25) is 0 Å². The first-order valence-electron chi connectivity index (χ1n) is 7.98. The van der Waals surface area contributed by atoms with E-state index < -0.39 is 5.97 Å². The zero-order valence-corrected chi connectivity index (χ0v) is 14.7. The van der Waals surface area contributed by atoms with E-state index in [1.807, 2.05) is 6.26 Å². The number of nitrogens with one attached hydrogen (secondary N) is 1. The summed E-state index contributed by atoms with van der Waals surface area (Å²) in [6, 6.07) is 3.51. The van der Waals surface area contributed by atoms with Crippen LogP contribution in [0.5, 0.6) is 0 Å². The normalized spacial score (nSPS) is 24.0. The standard InChI is InChI=1S/C17H24N2O3S/c1-11-6-4-8-14(12(11)2)19-15(20)10-22-17(21)13-7-5-9-18-16(13)23-3/h5,7,9,11-12,14H,4,6,8,10H2,1-3H3,(H,19,20)/t11-,12+,14-/m1/s1. The molecule has 0 spiro atoms. The first kappa shape index (κ1) is 17.8. The summed E-state index contributed by atoms with van der Waals surface area (Å²) in [4.78, 5) is 28.2. The number of carbonyl (C=O) groups is 2. The number of rotatable bonds is 5. The van der Waals surface area contributed by atoms with E-state index in [-0.39, 0.29) is 18.6 Å². The van der Waals surface area contributed by atoms with Gasteiger partial charge in [0.15, 0.2) is 6.61 Å². The molecule has 1 saturated carbocycles. The largest absolute Gasteiger partial charge is 0.452 e. The predicted octanol–water partition coefficient (Wildman–Crippen LogP) is 2.90. The molecule has 1 aromatic heterocycles. The molecule has 0 bridgehead atoms. The molecule has 1 aromatic rings. The van der Waals surface area contributed by atoms with Gasteiger partial charge in [-0.25, -0.2) is 9.78 Å². The topological polar surface area (TPSA) is 68.3 Å². The summed E-state index contributed by atoms with van der Waals surface area (Å²) in [6.45, 7) is 4.13. The fourth-order valence-electron chi connectivity index (χ4n) is 2.95. The van der Waals surface area contributed by atoms with Gasteiger partial charge in [0.2, 0.25) is 0 Å². The van der Waals surface area contributed by atoms with Gasteiger partial charge in [0.05, 0.1) is 5.56 Å². The van der Waals surface area contributed by atoms with Gasteiger partial charge in [0.1, 0.15) is 5.03 Å². The van der Waals surface area contributed by atoms with Crippen LogP contribution < -0.4 is 5.32 Å². The minimum absolute atomic E-state index is 0.171. The number of nitrogens with zero attached hydrogens (tertiary/aromatic N) is 1. The fraction of sp³-hybridized carbons (Fsp3) is 0.588. The maximum Gasteiger partial charge on any atom is 0.341 e. The van der Waals surface area contributed by atoms with Crippen molar-refractivity contribution in [2.75, 3.05) is 12.9 Å². The second-order valence-electron chi connectivity index (χ2n) is 6.08. The molecular weight excluding hydrogens is 312 g/mol. The van der Waals surface area contributed by atoms with Crippen molar-refractivity contribution in [2.45, 2.75) is 44.2 Å². The Hall–Kier alpha value is -1.56. The zero-order chi connectivity index (χ0) is 16.8. The molecule has 1 heterocycles. The quantitative estimate of drug-likeness (QED) is 0.661. The van der Waals surface area contributed by atoms with E-state index in [0.717, 1.165) is 12.8 Å². The third-order valence-electron chi connectivity index (χ3n) is 4.57. The highest BCUT2D eigenvalue weighted by Gasteiger charge is 2.28. The molecule has 23 heavy (non-hydrogen) atoms. The molecule has 2 rings (SSSR count). The van der Waals surface area contributed by atoms with Crippen molar-refractivity contribution in [3.05, 3.63) is 23.9 Å². The molecule has 5 nitrogen and oxygen atoms in total. The van der Waals surface area contributed by atoms with Gasteiger partial charge in [0, 0.05) is 12.2 Å².